The van der Waals surface area contributed by atoms with Crippen LogP contribution in [0.2, 0.25) is 20.1 Å². The maximum Gasteiger partial charge on any atom is 0.242 e. The van der Waals surface area contributed by atoms with Gasteiger partial charge in [0.2, 0.25) is 11.8 Å². The van der Waals surface area contributed by atoms with Crippen molar-refractivity contribution >= 4 is 70.0 Å². The van der Waals surface area contributed by atoms with Gasteiger partial charge in [0.05, 0.1) is 15.8 Å². The molecule has 0 unspecified atom stereocenters. The molecule has 9 heteroatoms. The third kappa shape index (κ3) is 7.74. The van der Waals surface area contributed by atoms with Crippen LogP contribution in [0.5, 0.6) is 0 Å². The topological polar surface area (TPSA) is 49.4 Å². The van der Waals surface area contributed by atoms with Crippen molar-refractivity contribution in [2.75, 3.05) is 5.75 Å². The molecular weight excluding hydrogens is 510 g/mol. The van der Waals surface area contributed by atoms with Gasteiger partial charge < -0.3 is 10.2 Å². The average Bonchev–Trinajstić information content (AvgIpc) is 2.75. The lowest BCUT2D eigenvalue weighted by atomic mass is 10.1. The monoisotopic (exact) mass is 534 g/mol. The molecule has 0 bridgehead atoms. The predicted octanol–water partition coefficient (Wildman–Crippen LogP) is 6.87. The van der Waals surface area contributed by atoms with Crippen LogP contribution in [0.15, 0.2) is 36.4 Å². The van der Waals surface area contributed by atoms with Gasteiger partial charge in [0.25, 0.3) is 0 Å². The van der Waals surface area contributed by atoms with Crippen molar-refractivity contribution in [3.8, 4) is 0 Å². The summed E-state index contributed by atoms with van der Waals surface area (Å²) in [6.07, 6.45) is 0.799. The van der Waals surface area contributed by atoms with Crippen molar-refractivity contribution in [3.63, 3.8) is 0 Å². The van der Waals surface area contributed by atoms with Crippen LogP contribution < -0.4 is 5.32 Å². The van der Waals surface area contributed by atoms with Gasteiger partial charge in [-0.2, -0.15) is 0 Å². The van der Waals surface area contributed by atoms with E-state index in [9.17, 15) is 9.59 Å². The molecule has 0 aliphatic heterocycles. The Morgan fingerprint density at radius 3 is 2.25 bits per heavy atom. The molecule has 0 saturated carbocycles. The number of carbonyl (C=O) groups is 2. The number of halogens is 4. The van der Waals surface area contributed by atoms with Crippen molar-refractivity contribution in [3.05, 3.63) is 67.6 Å². The first-order valence-corrected chi connectivity index (χ1v) is 12.8. The average molecular weight is 536 g/mol. The van der Waals surface area contributed by atoms with Crippen LogP contribution in [-0.2, 0) is 21.9 Å². The Bertz CT molecular complexity index is 937. The van der Waals surface area contributed by atoms with Crippen LogP contribution >= 0.6 is 58.2 Å². The lowest BCUT2D eigenvalue weighted by Crippen LogP contribution is -2.50. The van der Waals surface area contributed by atoms with Crippen LogP contribution in [0.3, 0.4) is 0 Å². The van der Waals surface area contributed by atoms with E-state index >= 15 is 0 Å². The van der Waals surface area contributed by atoms with Crippen molar-refractivity contribution in [2.45, 2.75) is 51.6 Å². The van der Waals surface area contributed by atoms with Gasteiger partial charge in [-0.1, -0.05) is 65.5 Å². The van der Waals surface area contributed by atoms with Crippen molar-refractivity contribution < 1.29 is 9.59 Å². The number of amides is 2. The van der Waals surface area contributed by atoms with Crippen LogP contribution in [-0.4, -0.2) is 34.6 Å². The van der Waals surface area contributed by atoms with E-state index in [-0.39, 0.29) is 30.2 Å². The molecule has 0 aromatic heterocycles. The van der Waals surface area contributed by atoms with Gasteiger partial charge in [0, 0.05) is 28.4 Å². The molecule has 174 valence electrons. The highest BCUT2D eigenvalue weighted by atomic mass is 35.5. The molecule has 0 spiro atoms. The maximum absolute atomic E-state index is 13.2. The van der Waals surface area contributed by atoms with Gasteiger partial charge >= 0.3 is 0 Å². The predicted molar refractivity (Wildman–Crippen MR) is 137 cm³/mol. The third-order valence-corrected chi connectivity index (χ3v) is 7.43. The fraction of sp³-hybridized carbons (Fsp3) is 0.391. The van der Waals surface area contributed by atoms with Crippen LogP contribution in [0.4, 0.5) is 0 Å². The number of rotatable bonds is 10. The zero-order valence-corrected chi connectivity index (χ0v) is 22.0. The Kier molecular flexibility index (Phi) is 11.0. The first-order valence-electron chi connectivity index (χ1n) is 10.2. The second-order valence-corrected chi connectivity index (χ2v) is 10.1. The van der Waals surface area contributed by atoms with E-state index in [4.69, 9.17) is 46.4 Å². The highest BCUT2D eigenvalue weighted by Gasteiger charge is 2.27. The first-order chi connectivity index (χ1) is 15.1. The first kappa shape index (κ1) is 27.1. The number of nitrogens with zero attached hydrogens (tertiary/aromatic N) is 1. The summed E-state index contributed by atoms with van der Waals surface area (Å²) in [5, 5.41) is 4.90. The SMILES string of the molecule is CC[C@H](C)NC(=O)[C@@H](C)N(Cc1ccc(Cl)c(Cl)c1)C(=O)CSCc1c(Cl)cccc1Cl. The lowest BCUT2D eigenvalue weighted by Gasteiger charge is -2.29. The molecule has 0 saturated heterocycles. The summed E-state index contributed by atoms with van der Waals surface area (Å²) in [5.74, 6) is 0.283. The van der Waals surface area contributed by atoms with Gasteiger partial charge in [-0.3, -0.25) is 9.59 Å². The quantitative estimate of drug-likeness (QED) is 0.361. The highest BCUT2D eigenvalue weighted by Crippen LogP contribution is 2.29. The molecular formula is C23H26Cl4N2O2S. The number of carbonyl (C=O) groups excluding carboxylic acids is 2. The maximum atomic E-state index is 13.2. The Balaban J connectivity index is 2.15. The van der Waals surface area contributed by atoms with E-state index in [0.29, 0.717) is 25.8 Å². The minimum Gasteiger partial charge on any atom is -0.352 e. The molecule has 0 aliphatic carbocycles. The molecule has 0 aliphatic rings. The van der Waals surface area contributed by atoms with E-state index in [1.165, 1.54) is 11.8 Å². The Morgan fingerprint density at radius 1 is 1.00 bits per heavy atom. The molecule has 2 rings (SSSR count). The Labute approximate surface area is 213 Å². The number of nitrogens with one attached hydrogen (secondary N) is 1. The van der Waals surface area contributed by atoms with Gasteiger partial charge in [0.1, 0.15) is 6.04 Å². The zero-order valence-electron chi connectivity index (χ0n) is 18.1. The summed E-state index contributed by atoms with van der Waals surface area (Å²) < 4.78 is 0. The summed E-state index contributed by atoms with van der Waals surface area (Å²) in [4.78, 5) is 27.5. The molecule has 0 radical (unpaired) electrons. The third-order valence-electron chi connectivity index (χ3n) is 5.04. The summed E-state index contributed by atoms with van der Waals surface area (Å²) in [6, 6.07) is 9.86. The van der Waals surface area contributed by atoms with E-state index in [1.807, 2.05) is 13.8 Å². The minimum absolute atomic E-state index is 0.0172. The van der Waals surface area contributed by atoms with Crippen molar-refractivity contribution in [1.82, 2.24) is 10.2 Å². The fourth-order valence-corrected chi connectivity index (χ4v) is 4.84. The van der Waals surface area contributed by atoms with Crippen molar-refractivity contribution in [1.29, 1.82) is 0 Å². The smallest absolute Gasteiger partial charge is 0.242 e. The Morgan fingerprint density at radius 2 is 1.66 bits per heavy atom. The van der Waals surface area contributed by atoms with Gasteiger partial charge in [-0.25, -0.2) is 0 Å². The highest BCUT2D eigenvalue weighted by molar-refractivity contribution is 7.99. The van der Waals surface area contributed by atoms with Gasteiger partial charge in [0.15, 0.2) is 0 Å². The molecule has 1 N–H and O–H groups in total. The number of thioether (sulfide) groups is 1. The molecule has 0 heterocycles. The summed E-state index contributed by atoms with van der Waals surface area (Å²) in [6.45, 7) is 5.88. The molecule has 2 aromatic rings. The van der Waals surface area contributed by atoms with E-state index in [1.54, 1.807) is 48.2 Å². The fourth-order valence-electron chi connectivity index (χ4n) is 2.88. The number of hydrogen-bond acceptors (Lipinski definition) is 3. The molecule has 2 aromatic carbocycles. The number of hydrogen-bond donors (Lipinski definition) is 1. The summed E-state index contributed by atoms with van der Waals surface area (Å²) >= 11 is 26.0. The molecule has 4 nitrogen and oxygen atoms in total. The lowest BCUT2D eigenvalue weighted by molar-refractivity contribution is -0.138. The van der Waals surface area contributed by atoms with E-state index in [0.717, 1.165) is 17.5 Å². The molecule has 0 fully saturated rings. The second kappa shape index (κ2) is 13.0. The normalized spacial score (nSPS) is 12.8. The summed E-state index contributed by atoms with van der Waals surface area (Å²) in [7, 11) is 0. The van der Waals surface area contributed by atoms with E-state index < -0.39 is 6.04 Å². The minimum atomic E-state index is -0.657. The van der Waals surface area contributed by atoms with Gasteiger partial charge in [-0.05, 0) is 55.7 Å². The second-order valence-electron chi connectivity index (χ2n) is 7.46. The van der Waals surface area contributed by atoms with E-state index in [2.05, 4.69) is 5.32 Å². The number of benzene rings is 2. The Hall–Kier alpha value is -1.11. The van der Waals surface area contributed by atoms with Crippen LogP contribution in [0, 0.1) is 0 Å². The molecule has 2 amide bonds. The van der Waals surface area contributed by atoms with Gasteiger partial charge in [-0.15, -0.1) is 11.8 Å². The van der Waals surface area contributed by atoms with Crippen molar-refractivity contribution in [2.24, 2.45) is 0 Å². The zero-order chi connectivity index (χ0) is 23.8. The summed E-state index contributed by atoms with van der Waals surface area (Å²) in [5.41, 5.74) is 1.57. The van der Waals surface area contributed by atoms with Crippen LogP contribution in [0.1, 0.15) is 38.3 Å². The standard InChI is InChI=1S/C23H26Cl4N2O2S/c1-4-14(2)28-23(31)15(3)29(11-16-8-9-20(26)21(27)10-16)22(30)13-32-12-17-18(24)6-5-7-19(17)25/h5-10,14-15H,4,11-13H2,1-3H3,(H,28,31)/t14-,15+/m0/s1. The van der Waals surface area contributed by atoms with Crippen LogP contribution in [0.25, 0.3) is 0 Å². The molecule has 2 atom stereocenters. The molecule has 32 heavy (non-hydrogen) atoms. The largest absolute Gasteiger partial charge is 0.352 e.